The summed E-state index contributed by atoms with van der Waals surface area (Å²) in [5, 5.41) is 0. The van der Waals surface area contributed by atoms with E-state index in [4.69, 9.17) is 0 Å². The van der Waals surface area contributed by atoms with Gasteiger partial charge in [-0.1, -0.05) is 0 Å². The molecule has 0 aromatic carbocycles. The maximum atomic E-state index is 11.8. The van der Waals surface area contributed by atoms with Crippen molar-refractivity contribution in [1.29, 1.82) is 0 Å². The highest BCUT2D eigenvalue weighted by Gasteiger charge is 2.45. The lowest BCUT2D eigenvalue weighted by Crippen LogP contribution is -2.16. The van der Waals surface area contributed by atoms with Crippen molar-refractivity contribution in [1.82, 2.24) is 0 Å². The Balaban J connectivity index is 4.96. The number of halogens is 8. The minimum absolute atomic E-state index is 1.46. The molecule has 0 rings (SSSR count). The molecule has 0 unspecified atom stereocenters. The maximum Gasteiger partial charge on any atom is 0.444 e. The molecule has 0 nitrogen and oxygen atoms in total. The summed E-state index contributed by atoms with van der Waals surface area (Å²) in [4.78, 5) is 0. The Bertz CT molecular complexity index is 174. The highest BCUT2D eigenvalue weighted by atomic mass is 79.9. The standard InChI is InChI=1S/C4BrF7/c5-1(3(7,8)9)2(6)4(10,11)12/b2-1-. The lowest BCUT2D eigenvalue weighted by molar-refractivity contribution is -0.123. The second-order valence-corrected chi connectivity index (χ2v) is 2.42. The fraction of sp³-hybridized carbons (Fsp3) is 0.500. The molecular formula is C4BrF7. The fourth-order valence-corrected chi connectivity index (χ4v) is 0.474. The third kappa shape index (κ3) is 3.00. The van der Waals surface area contributed by atoms with Crippen LogP contribution in [0.1, 0.15) is 0 Å². The monoisotopic (exact) mass is 260 g/mol. The van der Waals surface area contributed by atoms with Crippen molar-refractivity contribution in [3.8, 4) is 0 Å². The third-order valence-corrected chi connectivity index (χ3v) is 1.49. The van der Waals surface area contributed by atoms with Gasteiger partial charge in [-0.05, 0) is 15.9 Å². The molecule has 0 spiro atoms. The van der Waals surface area contributed by atoms with Crippen LogP contribution < -0.4 is 0 Å². The zero-order valence-corrected chi connectivity index (χ0v) is 6.61. The predicted molar refractivity (Wildman–Crippen MR) is 29.2 cm³/mol. The first-order chi connectivity index (χ1) is 5.07. The Morgan fingerprint density at radius 1 is 0.833 bits per heavy atom. The Kier molecular flexibility index (Phi) is 3.16. The van der Waals surface area contributed by atoms with Crippen LogP contribution in [0.2, 0.25) is 0 Å². The summed E-state index contributed by atoms with van der Waals surface area (Å²) < 4.78 is 77.3. The van der Waals surface area contributed by atoms with Gasteiger partial charge >= 0.3 is 12.4 Å². The van der Waals surface area contributed by atoms with Crippen molar-refractivity contribution in [3.05, 3.63) is 10.3 Å². The first-order valence-electron chi connectivity index (χ1n) is 2.26. The van der Waals surface area contributed by atoms with E-state index >= 15 is 0 Å². The third-order valence-electron chi connectivity index (χ3n) is 0.690. The Morgan fingerprint density at radius 3 is 1.25 bits per heavy atom. The first kappa shape index (κ1) is 11.7. The van der Waals surface area contributed by atoms with Gasteiger partial charge in [-0.3, -0.25) is 0 Å². The Hall–Kier alpha value is -0.270. The Morgan fingerprint density at radius 2 is 1.17 bits per heavy atom. The van der Waals surface area contributed by atoms with Gasteiger partial charge < -0.3 is 0 Å². The molecular weight excluding hydrogens is 261 g/mol. The average Bonchev–Trinajstić information content (AvgIpc) is 1.80. The van der Waals surface area contributed by atoms with Crippen LogP contribution in [0, 0.1) is 0 Å². The summed E-state index contributed by atoms with van der Waals surface area (Å²) in [6.45, 7) is 0. The lowest BCUT2D eigenvalue weighted by atomic mass is 10.4. The molecule has 72 valence electrons. The van der Waals surface area contributed by atoms with Crippen LogP contribution in [0.3, 0.4) is 0 Å². The van der Waals surface area contributed by atoms with Crippen LogP contribution in [0.4, 0.5) is 30.7 Å². The summed E-state index contributed by atoms with van der Waals surface area (Å²) in [7, 11) is 0. The topological polar surface area (TPSA) is 0 Å². The molecule has 0 atom stereocenters. The Labute approximate surface area is 70.2 Å². The molecule has 0 heterocycles. The number of hydrogen-bond acceptors (Lipinski definition) is 0. The smallest absolute Gasteiger partial charge is 0.201 e. The van der Waals surface area contributed by atoms with Gasteiger partial charge in [-0.25, -0.2) is 4.39 Å². The quantitative estimate of drug-likeness (QED) is 0.583. The second-order valence-electron chi connectivity index (χ2n) is 1.62. The van der Waals surface area contributed by atoms with E-state index in [0.29, 0.717) is 0 Å². The first-order valence-corrected chi connectivity index (χ1v) is 3.05. The van der Waals surface area contributed by atoms with Crippen LogP contribution in [-0.4, -0.2) is 12.4 Å². The minimum atomic E-state index is -5.62. The number of allylic oxidation sites excluding steroid dienone is 2. The van der Waals surface area contributed by atoms with Crippen molar-refractivity contribution < 1.29 is 30.7 Å². The average molecular weight is 261 g/mol. The highest BCUT2D eigenvalue weighted by molar-refractivity contribution is 9.11. The van der Waals surface area contributed by atoms with Gasteiger partial charge in [0, 0.05) is 0 Å². The van der Waals surface area contributed by atoms with E-state index in [1.54, 1.807) is 0 Å². The molecule has 0 aliphatic rings. The van der Waals surface area contributed by atoms with Gasteiger partial charge in [0.2, 0.25) is 5.83 Å². The molecule has 0 aliphatic heterocycles. The van der Waals surface area contributed by atoms with E-state index in [1.165, 1.54) is 15.9 Å². The van der Waals surface area contributed by atoms with E-state index in [1.807, 2.05) is 0 Å². The molecule has 8 heteroatoms. The van der Waals surface area contributed by atoms with Gasteiger partial charge in [0.05, 0.1) is 0 Å². The zero-order chi connectivity index (χ0) is 10.2. The van der Waals surface area contributed by atoms with Gasteiger partial charge in [0.25, 0.3) is 0 Å². The summed E-state index contributed by atoms with van der Waals surface area (Å²) in [6, 6.07) is 0. The molecule has 12 heavy (non-hydrogen) atoms. The lowest BCUT2D eigenvalue weighted by Gasteiger charge is -2.08. The van der Waals surface area contributed by atoms with E-state index in [0.717, 1.165) is 0 Å². The molecule has 0 radical (unpaired) electrons. The number of rotatable bonds is 0. The molecule has 0 fully saturated rings. The van der Waals surface area contributed by atoms with Crippen molar-refractivity contribution in [3.63, 3.8) is 0 Å². The number of alkyl halides is 6. The largest absolute Gasteiger partial charge is 0.444 e. The van der Waals surface area contributed by atoms with Gasteiger partial charge in [0.15, 0.2) is 0 Å². The van der Waals surface area contributed by atoms with E-state index in [9.17, 15) is 30.7 Å². The van der Waals surface area contributed by atoms with Gasteiger partial charge in [-0.15, -0.1) is 0 Å². The van der Waals surface area contributed by atoms with Crippen molar-refractivity contribution in [2.75, 3.05) is 0 Å². The number of hydrogen-bond donors (Lipinski definition) is 0. The molecule has 0 amide bonds. The van der Waals surface area contributed by atoms with Crippen molar-refractivity contribution >= 4 is 15.9 Å². The minimum Gasteiger partial charge on any atom is -0.201 e. The molecule has 0 aromatic rings. The maximum absolute atomic E-state index is 11.8. The highest BCUT2D eigenvalue weighted by Crippen LogP contribution is 2.39. The fourth-order valence-electron chi connectivity index (χ4n) is 0.249. The van der Waals surface area contributed by atoms with Gasteiger partial charge in [-0.2, -0.15) is 26.3 Å². The van der Waals surface area contributed by atoms with Crippen LogP contribution in [0.5, 0.6) is 0 Å². The molecule has 0 aliphatic carbocycles. The van der Waals surface area contributed by atoms with Gasteiger partial charge in [0.1, 0.15) is 4.48 Å². The second kappa shape index (κ2) is 3.23. The van der Waals surface area contributed by atoms with E-state index in [-0.39, 0.29) is 0 Å². The van der Waals surface area contributed by atoms with E-state index < -0.39 is 22.7 Å². The summed E-state index contributed by atoms with van der Waals surface area (Å²) >= 11 is 1.46. The SMILES string of the molecule is F/C(=C(\Br)C(F)(F)F)C(F)(F)F. The molecule has 0 saturated heterocycles. The van der Waals surface area contributed by atoms with Crippen LogP contribution in [0.15, 0.2) is 10.3 Å². The van der Waals surface area contributed by atoms with Crippen LogP contribution in [-0.2, 0) is 0 Å². The van der Waals surface area contributed by atoms with Crippen molar-refractivity contribution in [2.24, 2.45) is 0 Å². The molecule has 0 bridgehead atoms. The summed E-state index contributed by atoms with van der Waals surface area (Å²) in [6.07, 6.45) is -11.0. The summed E-state index contributed by atoms with van der Waals surface area (Å²) in [5.74, 6) is -3.19. The summed E-state index contributed by atoms with van der Waals surface area (Å²) in [5.41, 5.74) is 0. The normalized spacial score (nSPS) is 16.0. The van der Waals surface area contributed by atoms with Crippen LogP contribution in [0.25, 0.3) is 0 Å². The van der Waals surface area contributed by atoms with Crippen molar-refractivity contribution in [2.45, 2.75) is 12.4 Å². The molecule has 0 N–H and O–H groups in total. The predicted octanol–water partition coefficient (Wildman–Crippen LogP) is 3.69. The van der Waals surface area contributed by atoms with E-state index in [2.05, 4.69) is 0 Å². The zero-order valence-electron chi connectivity index (χ0n) is 5.02. The van der Waals surface area contributed by atoms with Crippen LogP contribution >= 0.6 is 15.9 Å². The molecule has 0 saturated carbocycles. The molecule has 0 aromatic heterocycles.